The monoisotopic (exact) mass is 323 g/mol. The zero-order valence-corrected chi connectivity index (χ0v) is 12.1. The Bertz CT molecular complexity index is 719. The predicted octanol–water partition coefficient (Wildman–Crippen LogP) is 1.42. The molecule has 0 bridgehead atoms. The quantitative estimate of drug-likeness (QED) is 0.928. The fourth-order valence-electron chi connectivity index (χ4n) is 1.86. The molecule has 0 fully saturated rings. The fourth-order valence-corrected chi connectivity index (χ4v) is 2.31. The van der Waals surface area contributed by atoms with E-state index in [9.17, 15) is 9.59 Å². The molecule has 19 heavy (non-hydrogen) atoms. The highest BCUT2D eigenvalue weighted by Crippen LogP contribution is 2.11. The van der Waals surface area contributed by atoms with Crippen molar-refractivity contribution in [2.75, 3.05) is 5.73 Å². The van der Waals surface area contributed by atoms with Gasteiger partial charge in [0.1, 0.15) is 5.69 Å². The van der Waals surface area contributed by atoms with Crippen LogP contribution in [-0.4, -0.2) is 9.13 Å². The van der Waals surface area contributed by atoms with Gasteiger partial charge in [0.25, 0.3) is 5.56 Å². The summed E-state index contributed by atoms with van der Waals surface area (Å²) < 4.78 is 3.48. The topological polar surface area (TPSA) is 70.0 Å². The van der Waals surface area contributed by atoms with Gasteiger partial charge in [0.2, 0.25) is 0 Å². The second-order valence-corrected chi connectivity index (χ2v) is 5.09. The molecule has 1 aromatic carbocycles. The Morgan fingerprint density at radius 2 is 2.05 bits per heavy atom. The number of halogens is 1. The minimum Gasteiger partial charge on any atom is -0.393 e. The van der Waals surface area contributed by atoms with E-state index in [0.717, 1.165) is 14.6 Å². The number of rotatable bonds is 3. The molecule has 0 atom stereocenters. The zero-order chi connectivity index (χ0) is 14.0. The van der Waals surface area contributed by atoms with Crippen molar-refractivity contribution in [2.45, 2.75) is 20.0 Å². The van der Waals surface area contributed by atoms with Crippen LogP contribution in [0.3, 0.4) is 0 Å². The lowest BCUT2D eigenvalue weighted by molar-refractivity contribution is 0.603. The molecule has 0 aliphatic carbocycles. The summed E-state index contributed by atoms with van der Waals surface area (Å²) in [4.78, 5) is 24.1. The van der Waals surface area contributed by atoms with Crippen LogP contribution in [0.15, 0.2) is 44.5 Å². The van der Waals surface area contributed by atoms with Crippen molar-refractivity contribution in [3.05, 3.63) is 61.3 Å². The van der Waals surface area contributed by atoms with Crippen molar-refractivity contribution in [1.82, 2.24) is 9.13 Å². The first-order valence-electron chi connectivity index (χ1n) is 5.87. The van der Waals surface area contributed by atoms with E-state index in [1.807, 2.05) is 31.2 Å². The standard InChI is InChI=1S/C13H14BrN3O2/c1-2-16-8-11(15)12(18)17(13(16)19)7-9-4-3-5-10(14)6-9/h3-6,8H,2,7,15H2,1H3. The molecule has 100 valence electrons. The molecular weight excluding hydrogens is 310 g/mol. The Balaban J connectivity index is 2.54. The van der Waals surface area contributed by atoms with E-state index in [0.29, 0.717) is 6.54 Å². The van der Waals surface area contributed by atoms with Crippen LogP contribution in [0.2, 0.25) is 0 Å². The Morgan fingerprint density at radius 1 is 1.32 bits per heavy atom. The lowest BCUT2D eigenvalue weighted by Gasteiger charge is -2.10. The predicted molar refractivity (Wildman–Crippen MR) is 78.3 cm³/mol. The van der Waals surface area contributed by atoms with Crippen LogP contribution in [0.1, 0.15) is 12.5 Å². The summed E-state index contributed by atoms with van der Waals surface area (Å²) in [7, 11) is 0. The first kappa shape index (κ1) is 13.6. The lowest BCUT2D eigenvalue weighted by atomic mass is 10.2. The number of anilines is 1. The Morgan fingerprint density at radius 3 is 2.68 bits per heavy atom. The maximum absolute atomic E-state index is 12.1. The number of nitrogens with zero attached hydrogens (tertiary/aromatic N) is 2. The van der Waals surface area contributed by atoms with Gasteiger partial charge in [-0.1, -0.05) is 28.1 Å². The van der Waals surface area contributed by atoms with E-state index >= 15 is 0 Å². The van der Waals surface area contributed by atoms with E-state index in [2.05, 4.69) is 15.9 Å². The van der Waals surface area contributed by atoms with Gasteiger partial charge in [-0.05, 0) is 24.6 Å². The van der Waals surface area contributed by atoms with Crippen molar-refractivity contribution in [1.29, 1.82) is 0 Å². The number of nitrogens with two attached hydrogens (primary N) is 1. The Hall–Kier alpha value is -1.82. The first-order valence-corrected chi connectivity index (χ1v) is 6.66. The van der Waals surface area contributed by atoms with Gasteiger partial charge in [0, 0.05) is 17.2 Å². The van der Waals surface area contributed by atoms with Crippen LogP contribution in [0.25, 0.3) is 0 Å². The Labute approximate surface area is 118 Å². The molecule has 0 unspecified atom stereocenters. The van der Waals surface area contributed by atoms with Crippen LogP contribution in [0.4, 0.5) is 5.69 Å². The summed E-state index contributed by atoms with van der Waals surface area (Å²) in [5.74, 6) is 0. The molecule has 2 N–H and O–H groups in total. The molecule has 0 spiro atoms. The minimum atomic E-state index is -0.449. The van der Waals surface area contributed by atoms with Gasteiger partial charge in [0.15, 0.2) is 0 Å². The van der Waals surface area contributed by atoms with Gasteiger partial charge >= 0.3 is 5.69 Å². The van der Waals surface area contributed by atoms with Gasteiger partial charge in [-0.25, -0.2) is 4.79 Å². The number of benzene rings is 1. The molecule has 1 aromatic heterocycles. The number of hydrogen-bond acceptors (Lipinski definition) is 3. The molecule has 0 aliphatic rings. The highest BCUT2D eigenvalue weighted by atomic mass is 79.9. The van der Waals surface area contributed by atoms with Crippen LogP contribution < -0.4 is 17.0 Å². The molecule has 5 nitrogen and oxygen atoms in total. The van der Waals surface area contributed by atoms with E-state index in [1.165, 1.54) is 10.8 Å². The maximum Gasteiger partial charge on any atom is 0.331 e. The van der Waals surface area contributed by atoms with Crippen molar-refractivity contribution in [3.63, 3.8) is 0 Å². The van der Waals surface area contributed by atoms with Gasteiger partial charge in [-0.3, -0.25) is 13.9 Å². The average molecular weight is 324 g/mol. The summed E-state index contributed by atoms with van der Waals surface area (Å²) in [6.45, 7) is 2.51. The lowest BCUT2D eigenvalue weighted by Crippen LogP contribution is -2.40. The molecule has 2 aromatic rings. The van der Waals surface area contributed by atoms with Crippen LogP contribution >= 0.6 is 15.9 Å². The van der Waals surface area contributed by atoms with E-state index in [4.69, 9.17) is 5.73 Å². The van der Waals surface area contributed by atoms with Crippen molar-refractivity contribution in [2.24, 2.45) is 0 Å². The highest BCUT2D eigenvalue weighted by molar-refractivity contribution is 9.10. The maximum atomic E-state index is 12.1. The molecule has 2 rings (SSSR count). The number of nitrogen functional groups attached to an aromatic ring is 1. The summed E-state index contributed by atoms with van der Waals surface area (Å²) in [5.41, 5.74) is 5.79. The second kappa shape index (κ2) is 5.44. The van der Waals surface area contributed by atoms with Gasteiger partial charge in [-0.15, -0.1) is 0 Å². The highest BCUT2D eigenvalue weighted by Gasteiger charge is 2.09. The molecule has 0 saturated heterocycles. The van der Waals surface area contributed by atoms with Crippen molar-refractivity contribution < 1.29 is 0 Å². The number of aryl methyl sites for hydroxylation is 1. The van der Waals surface area contributed by atoms with Crippen molar-refractivity contribution >= 4 is 21.6 Å². The largest absolute Gasteiger partial charge is 0.393 e. The first-order chi connectivity index (χ1) is 9.02. The third-order valence-corrected chi connectivity index (χ3v) is 3.33. The van der Waals surface area contributed by atoms with Crippen molar-refractivity contribution in [3.8, 4) is 0 Å². The van der Waals surface area contributed by atoms with E-state index in [-0.39, 0.29) is 17.9 Å². The molecule has 6 heteroatoms. The molecule has 1 heterocycles. The SMILES string of the molecule is CCn1cc(N)c(=O)n(Cc2cccc(Br)c2)c1=O. The normalized spacial score (nSPS) is 10.6. The third kappa shape index (κ3) is 2.78. The van der Waals surface area contributed by atoms with E-state index < -0.39 is 5.56 Å². The smallest absolute Gasteiger partial charge is 0.331 e. The van der Waals surface area contributed by atoms with Gasteiger partial charge < -0.3 is 5.73 Å². The van der Waals surface area contributed by atoms with Gasteiger partial charge in [0.05, 0.1) is 6.54 Å². The average Bonchev–Trinajstić information content (AvgIpc) is 2.39. The second-order valence-electron chi connectivity index (χ2n) is 4.17. The van der Waals surface area contributed by atoms with Crippen LogP contribution in [0, 0.1) is 0 Å². The molecule has 0 saturated carbocycles. The Kier molecular flexibility index (Phi) is 3.90. The molecule has 0 aliphatic heterocycles. The van der Waals surface area contributed by atoms with Crippen LogP contribution in [-0.2, 0) is 13.1 Å². The van der Waals surface area contributed by atoms with Gasteiger partial charge in [-0.2, -0.15) is 0 Å². The van der Waals surface area contributed by atoms with Crippen LogP contribution in [0.5, 0.6) is 0 Å². The molecular formula is C13H14BrN3O2. The summed E-state index contributed by atoms with van der Waals surface area (Å²) >= 11 is 3.36. The number of hydrogen-bond donors (Lipinski definition) is 1. The van der Waals surface area contributed by atoms with E-state index in [1.54, 1.807) is 0 Å². The third-order valence-electron chi connectivity index (χ3n) is 2.83. The molecule has 0 radical (unpaired) electrons. The summed E-state index contributed by atoms with van der Waals surface area (Å²) in [6, 6.07) is 7.46. The summed E-state index contributed by atoms with van der Waals surface area (Å²) in [6.07, 6.45) is 1.39. The fraction of sp³-hybridized carbons (Fsp3) is 0.231. The summed E-state index contributed by atoms with van der Waals surface area (Å²) in [5, 5.41) is 0. The zero-order valence-electron chi connectivity index (χ0n) is 10.5. The molecule has 0 amide bonds. The minimum absolute atomic E-state index is 0.0800. The number of aromatic nitrogens is 2.